The highest BCUT2D eigenvalue weighted by Crippen LogP contribution is 2.38. The third kappa shape index (κ3) is 4.32. The van der Waals surface area contributed by atoms with Gasteiger partial charge in [-0.1, -0.05) is 0 Å². The number of ether oxygens (including phenoxy) is 1. The Morgan fingerprint density at radius 1 is 1.15 bits per heavy atom. The third-order valence-electron chi connectivity index (χ3n) is 5.46. The van der Waals surface area contributed by atoms with Crippen LogP contribution in [0.25, 0.3) is 0 Å². The summed E-state index contributed by atoms with van der Waals surface area (Å²) in [5.41, 5.74) is 0.969. The Morgan fingerprint density at radius 3 is 2.73 bits per heavy atom. The maximum absolute atomic E-state index is 12.9. The first-order valence-electron chi connectivity index (χ1n) is 9.90. The number of carbonyl (C=O) groups excluding carboxylic acids is 1. The normalized spacial score (nSPS) is 24.7. The molecule has 1 aromatic rings. The third-order valence-corrected chi connectivity index (χ3v) is 5.46. The van der Waals surface area contributed by atoms with Crippen molar-refractivity contribution in [1.82, 2.24) is 19.8 Å². The molecule has 2 saturated heterocycles. The van der Waals surface area contributed by atoms with E-state index < -0.39 is 0 Å². The van der Waals surface area contributed by atoms with Crippen LogP contribution < -0.4 is 5.32 Å². The van der Waals surface area contributed by atoms with Crippen LogP contribution in [0.5, 0.6) is 0 Å². The molecule has 0 aromatic carbocycles. The lowest BCUT2D eigenvalue weighted by Crippen LogP contribution is -2.50. The molecule has 1 saturated carbocycles. The van der Waals surface area contributed by atoms with E-state index in [9.17, 15) is 4.79 Å². The second-order valence-corrected chi connectivity index (χ2v) is 7.65. The van der Waals surface area contributed by atoms with Gasteiger partial charge in [-0.25, -0.2) is 9.97 Å². The molecule has 7 heteroatoms. The van der Waals surface area contributed by atoms with Crippen LogP contribution >= 0.6 is 0 Å². The van der Waals surface area contributed by atoms with Crippen LogP contribution in [0.15, 0.2) is 6.07 Å². The smallest absolute Gasteiger partial charge is 0.245 e. The van der Waals surface area contributed by atoms with E-state index in [0.29, 0.717) is 5.92 Å². The lowest BCUT2D eigenvalue weighted by atomic mass is 10.0. The first-order chi connectivity index (χ1) is 12.7. The second-order valence-electron chi connectivity index (χ2n) is 7.65. The summed E-state index contributed by atoms with van der Waals surface area (Å²) in [6.45, 7) is 8.12. The number of piperidine rings is 1. The fourth-order valence-electron chi connectivity index (χ4n) is 3.75. The summed E-state index contributed by atoms with van der Waals surface area (Å²) in [6, 6.07) is 1.78. The number of morpholine rings is 1. The first kappa shape index (κ1) is 17.7. The summed E-state index contributed by atoms with van der Waals surface area (Å²) in [5, 5.41) is 3.39. The lowest BCUT2D eigenvalue weighted by molar-refractivity contribution is -0.134. The molecule has 0 spiro atoms. The number of carbonyl (C=O) groups is 1. The van der Waals surface area contributed by atoms with Gasteiger partial charge in [0.25, 0.3) is 0 Å². The monoisotopic (exact) mass is 359 g/mol. The zero-order valence-electron chi connectivity index (χ0n) is 15.6. The van der Waals surface area contributed by atoms with E-state index in [0.717, 1.165) is 76.1 Å². The molecule has 3 fully saturated rings. The number of amides is 1. The molecule has 3 heterocycles. The van der Waals surface area contributed by atoms with Crippen LogP contribution in [0, 0.1) is 6.92 Å². The van der Waals surface area contributed by atoms with Gasteiger partial charge in [-0.2, -0.15) is 0 Å². The Bertz CT molecular complexity index is 643. The highest BCUT2D eigenvalue weighted by atomic mass is 16.5. The molecule has 1 N–H and O–H groups in total. The Balaban J connectivity index is 1.35. The lowest BCUT2D eigenvalue weighted by Gasteiger charge is -2.35. The van der Waals surface area contributed by atoms with Gasteiger partial charge in [0, 0.05) is 50.4 Å². The molecule has 26 heavy (non-hydrogen) atoms. The van der Waals surface area contributed by atoms with Crippen molar-refractivity contribution in [3.8, 4) is 0 Å². The molecule has 0 radical (unpaired) electrons. The average molecular weight is 359 g/mol. The summed E-state index contributed by atoms with van der Waals surface area (Å²) < 4.78 is 5.39. The molecule has 1 amide bonds. The SMILES string of the molecule is Cc1cc(NC2CCCN(CCN3CCOCC3)C2=O)nc(C2CC2)n1. The van der Waals surface area contributed by atoms with Gasteiger partial charge >= 0.3 is 0 Å². The predicted molar refractivity (Wildman–Crippen MR) is 99.2 cm³/mol. The molecule has 0 bridgehead atoms. The minimum absolute atomic E-state index is 0.171. The van der Waals surface area contributed by atoms with Gasteiger partial charge in [-0.15, -0.1) is 0 Å². The van der Waals surface area contributed by atoms with Crippen molar-refractivity contribution < 1.29 is 9.53 Å². The zero-order valence-corrected chi connectivity index (χ0v) is 15.6. The van der Waals surface area contributed by atoms with Gasteiger partial charge in [0.05, 0.1) is 13.2 Å². The molecule has 1 unspecified atom stereocenters. The van der Waals surface area contributed by atoms with Crippen LogP contribution in [0.1, 0.15) is 43.1 Å². The molecule has 4 rings (SSSR count). The highest BCUT2D eigenvalue weighted by Gasteiger charge is 2.30. The summed E-state index contributed by atoms with van der Waals surface area (Å²) in [6.07, 6.45) is 4.27. The Morgan fingerprint density at radius 2 is 1.96 bits per heavy atom. The van der Waals surface area contributed by atoms with E-state index >= 15 is 0 Å². The molecular formula is C19H29N5O2. The number of likely N-dealkylation sites (tertiary alicyclic amines) is 1. The van der Waals surface area contributed by atoms with Crippen LogP contribution in [-0.4, -0.2) is 77.7 Å². The maximum atomic E-state index is 12.9. The van der Waals surface area contributed by atoms with Gasteiger partial charge < -0.3 is 15.0 Å². The Kier molecular flexibility index (Phi) is 5.36. The van der Waals surface area contributed by atoms with Gasteiger partial charge in [-0.05, 0) is 32.6 Å². The average Bonchev–Trinajstić information content (AvgIpc) is 3.48. The molecule has 2 aliphatic heterocycles. The number of nitrogens with zero attached hydrogens (tertiary/aromatic N) is 4. The largest absolute Gasteiger partial charge is 0.379 e. The fraction of sp³-hybridized carbons (Fsp3) is 0.737. The topological polar surface area (TPSA) is 70.6 Å². The standard InChI is InChI=1S/C19H29N5O2/c1-14-13-17(22-18(20-14)15-4-5-15)21-16-3-2-6-24(19(16)25)8-7-23-9-11-26-12-10-23/h13,15-16H,2-12H2,1H3,(H,20,21,22). The van der Waals surface area contributed by atoms with Crippen molar-refractivity contribution in [2.45, 2.75) is 44.6 Å². The number of aromatic nitrogens is 2. The fourth-order valence-corrected chi connectivity index (χ4v) is 3.75. The van der Waals surface area contributed by atoms with Crippen LogP contribution in [0.2, 0.25) is 0 Å². The molecule has 3 aliphatic rings. The number of rotatable bonds is 6. The Hall–Kier alpha value is -1.73. The van der Waals surface area contributed by atoms with E-state index in [4.69, 9.17) is 4.74 Å². The van der Waals surface area contributed by atoms with Crippen molar-refractivity contribution in [2.24, 2.45) is 0 Å². The summed E-state index contributed by atoms with van der Waals surface area (Å²) in [7, 11) is 0. The van der Waals surface area contributed by atoms with Crippen LogP contribution in [0.3, 0.4) is 0 Å². The number of anilines is 1. The number of nitrogens with one attached hydrogen (secondary N) is 1. The Labute approximate surface area is 155 Å². The van der Waals surface area contributed by atoms with Gasteiger partial charge in [0.15, 0.2) is 0 Å². The second kappa shape index (κ2) is 7.88. The van der Waals surface area contributed by atoms with E-state index in [2.05, 4.69) is 20.2 Å². The van der Waals surface area contributed by atoms with E-state index in [1.165, 1.54) is 12.8 Å². The van der Waals surface area contributed by atoms with Gasteiger partial charge in [0.2, 0.25) is 5.91 Å². The van der Waals surface area contributed by atoms with Crippen molar-refractivity contribution in [3.63, 3.8) is 0 Å². The quantitative estimate of drug-likeness (QED) is 0.828. The molecule has 1 aromatic heterocycles. The highest BCUT2D eigenvalue weighted by molar-refractivity contribution is 5.85. The van der Waals surface area contributed by atoms with E-state index in [1.54, 1.807) is 0 Å². The number of aryl methyl sites for hydroxylation is 1. The summed E-state index contributed by atoms with van der Waals surface area (Å²) in [4.78, 5) is 26.5. The van der Waals surface area contributed by atoms with Gasteiger partial charge in [-0.3, -0.25) is 9.69 Å². The molecule has 7 nitrogen and oxygen atoms in total. The summed E-state index contributed by atoms with van der Waals surface area (Å²) in [5.74, 6) is 2.45. The molecule has 1 atom stereocenters. The van der Waals surface area contributed by atoms with E-state index in [1.807, 2.05) is 17.9 Å². The van der Waals surface area contributed by atoms with Crippen molar-refractivity contribution in [1.29, 1.82) is 0 Å². The number of hydrogen-bond donors (Lipinski definition) is 1. The minimum Gasteiger partial charge on any atom is -0.379 e. The van der Waals surface area contributed by atoms with Crippen molar-refractivity contribution in [2.75, 3.05) is 51.3 Å². The van der Waals surface area contributed by atoms with Crippen LogP contribution in [0.4, 0.5) is 5.82 Å². The maximum Gasteiger partial charge on any atom is 0.245 e. The minimum atomic E-state index is -0.171. The zero-order chi connectivity index (χ0) is 17.9. The number of hydrogen-bond acceptors (Lipinski definition) is 6. The van der Waals surface area contributed by atoms with Gasteiger partial charge in [0.1, 0.15) is 17.7 Å². The van der Waals surface area contributed by atoms with Crippen LogP contribution in [-0.2, 0) is 9.53 Å². The molecule has 142 valence electrons. The predicted octanol–water partition coefficient (Wildman–Crippen LogP) is 1.40. The molecule has 1 aliphatic carbocycles. The van der Waals surface area contributed by atoms with E-state index in [-0.39, 0.29) is 11.9 Å². The van der Waals surface area contributed by atoms with Crippen molar-refractivity contribution in [3.05, 3.63) is 17.6 Å². The molecular weight excluding hydrogens is 330 g/mol. The van der Waals surface area contributed by atoms with Crippen molar-refractivity contribution >= 4 is 11.7 Å². The summed E-state index contributed by atoms with van der Waals surface area (Å²) >= 11 is 0. The first-order valence-corrected chi connectivity index (χ1v) is 9.90.